The largest absolute Gasteiger partial charge is 0.401 e. The van der Waals surface area contributed by atoms with Crippen molar-refractivity contribution >= 4 is 0 Å². The van der Waals surface area contributed by atoms with Crippen LogP contribution in [0.25, 0.3) is 0 Å². The maximum Gasteiger partial charge on any atom is 0.401 e. The molecular formula is C9H17F3N2O. The molecule has 0 aromatic heterocycles. The van der Waals surface area contributed by atoms with Gasteiger partial charge in [-0.05, 0) is 12.8 Å². The van der Waals surface area contributed by atoms with Gasteiger partial charge >= 0.3 is 6.18 Å². The summed E-state index contributed by atoms with van der Waals surface area (Å²) >= 11 is 0. The number of nitrogens with two attached hydrogens (primary N) is 1. The molecular weight excluding hydrogens is 209 g/mol. The van der Waals surface area contributed by atoms with Crippen LogP contribution in [-0.4, -0.2) is 48.0 Å². The second-order valence-corrected chi connectivity index (χ2v) is 3.97. The lowest BCUT2D eigenvalue weighted by atomic mass is 10.1. The van der Waals surface area contributed by atoms with E-state index >= 15 is 0 Å². The second kappa shape index (κ2) is 5.14. The standard InChI is InChI=1S/C9H17F3N2O/c10-9(11,12)6-14(4-5-15)8-3-1-2-7(8)13/h7-8,15H,1-6,13H2. The van der Waals surface area contributed by atoms with Crippen molar-refractivity contribution < 1.29 is 18.3 Å². The van der Waals surface area contributed by atoms with E-state index in [1.54, 1.807) is 0 Å². The molecule has 1 rings (SSSR count). The van der Waals surface area contributed by atoms with Gasteiger partial charge in [-0.25, -0.2) is 0 Å². The van der Waals surface area contributed by atoms with Gasteiger partial charge in [0.15, 0.2) is 0 Å². The molecule has 0 spiro atoms. The van der Waals surface area contributed by atoms with Gasteiger partial charge in [0.2, 0.25) is 0 Å². The van der Waals surface area contributed by atoms with E-state index in [0.29, 0.717) is 6.42 Å². The van der Waals surface area contributed by atoms with Crippen molar-refractivity contribution in [3.8, 4) is 0 Å². The summed E-state index contributed by atoms with van der Waals surface area (Å²) in [6, 6.07) is -0.433. The Morgan fingerprint density at radius 2 is 2.00 bits per heavy atom. The van der Waals surface area contributed by atoms with Crippen molar-refractivity contribution in [1.29, 1.82) is 0 Å². The Kier molecular flexibility index (Phi) is 4.36. The maximum atomic E-state index is 12.2. The highest BCUT2D eigenvalue weighted by molar-refractivity contribution is 4.88. The third kappa shape index (κ3) is 3.96. The summed E-state index contributed by atoms with van der Waals surface area (Å²) in [6.45, 7) is -1.21. The van der Waals surface area contributed by atoms with Crippen molar-refractivity contribution in [3.05, 3.63) is 0 Å². The first-order valence-electron chi connectivity index (χ1n) is 5.11. The van der Waals surface area contributed by atoms with E-state index in [-0.39, 0.29) is 25.2 Å². The summed E-state index contributed by atoms with van der Waals surface area (Å²) in [5, 5.41) is 8.73. The van der Waals surface area contributed by atoms with E-state index in [9.17, 15) is 13.2 Å². The normalized spacial score (nSPS) is 27.6. The first-order valence-corrected chi connectivity index (χ1v) is 5.11. The van der Waals surface area contributed by atoms with Crippen LogP contribution < -0.4 is 5.73 Å². The van der Waals surface area contributed by atoms with E-state index in [2.05, 4.69) is 0 Å². The van der Waals surface area contributed by atoms with Gasteiger partial charge in [-0.15, -0.1) is 0 Å². The summed E-state index contributed by atoms with van der Waals surface area (Å²) in [5.74, 6) is 0. The lowest BCUT2D eigenvalue weighted by Crippen LogP contribution is -2.49. The first kappa shape index (κ1) is 12.7. The van der Waals surface area contributed by atoms with Crippen molar-refractivity contribution in [2.45, 2.75) is 37.5 Å². The zero-order valence-corrected chi connectivity index (χ0v) is 8.50. The van der Waals surface area contributed by atoms with Crippen LogP contribution in [0.5, 0.6) is 0 Å². The fourth-order valence-corrected chi connectivity index (χ4v) is 2.14. The van der Waals surface area contributed by atoms with Gasteiger partial charge in [0.25, 0.3) is 0 Å². The van der Waals surface area contributed by atoms with E-state index in [1.165, 1.54) is 4.90 Å². The Morgan fingerprint density at radius 1 is 1.33 bits per heavy atom. The number of hydrogen-bond acceptors (Lipinski definition) is 3. The highest BCUT2D eigenvalue weighted by Gasteiger charge is 2.37. The molecule has 0 aliphatic heterocycles. The SMILES string of the molecule is NC1CCCC1N(CCO)CC(F)(F)F. The maximum absolute atomic E-state index is 12.2. The fraction of sp³-hybridized carbons (Fsp3) is 1.00. The highest BCUT2D eigenvalue weighted by atomic mass is 19.4. The molecule has 0 bridgehead atoms. The lowest BCUT2D eigenvalue weighted by molar-refractivity contribution is -0.152. The summed E-state index contributed by atoms with van der Waals surface area (Å²) in [5.41, 5.74) is 5.74. The van der Waals surface area contributed by atoms with Gasteiger partial charge in [-0.1, -0.05) is 6.42 Å². The van der Waals surface area contributed by atoms with Crippen LogP contribution in [0, 0.1) is 0 Å². The number of aliphatic hydroxyl groups is 1. The molecule has 0 amide bonds. The molecule has 0 aromatic carbocycles. The summed E-state index contributed by atoms with van der Waals surface area (Å²) < 4.78 is 36.7. The Labute approximate surface area is 87.0 Å². The minimum absolute atomic E-state index is 0.0396. The van der Waals surface area contributed by atoms with Gasteiger partial charge in [0.1, 0.15) is 0 Å². The van der Waals surface area contributed by atoms with Crippen molar-refractivity contribution in [1.82, 2.24) is 4.90 Å². The molecule has 6 heteroatoms. The minimum Gasteiger partial charge on any atom is -0.395 e. The molecule has 90 valence electrons. The molecule has 0 saturated heterocycles. The number of hydrogen-bond donors (Lipinski definition) is 2. The molecule has 0 heterocycles. The van der Waals surface area contributed by atoms with E-state index < -0.39 is 12.7 Å². The van der Waals surface area contributed by atoms with Gasteiger partial charge in [-0.3, -0.25) is 4.90 Å². The third-order valence-electron chi connectivity index (χ3n) is 2.77. The quantitative estimate of drug-likeness (QED) is 0.742. The highest BCUT2D eigenvalue weighted by Crippen LogP contribution is 2.26. The minimum atomic E-state index is -4.22. The van der Waals surface area contributed by atoms with Crippen molar-refractivity contribution in [2.24, 2.45) is 5.73 Å². The number of alkyl halides is 3. The molecule has 2 atom stereocenters. The predicted molar refractivity (Wildman–Crippen MR) is 50.3 cm³/mol. The lowest BCUT2D eigenvalue weighted by Gasteiger charge is -2.31. The van der Waals surface area contributed by atoms with Gasteiger partial charge < -0.3 is 10.8 Å². The van der Waals surface area contributed by atoms with Gasteiger partial charge in [0.05, 0.1) is 13.2 Å². The van der Waals surface area contributed by atoms with Crippen molar-refractivity contribution in [3.63, 3.8) is 0 Å². The predicted octanol–water partition coefficient (Wildman–Crippen LogP) is 0.723. The van der Waals surface area contributed by atoms with E-state index in [1.807, 2.05) is 0 Å². The average molecular weight is 226 g/mol. The number of aliphatic hydroxyl groups excluding tert-OH is 1. The van der Waals surface area contributed by atoms with E-state index in [4.69, 9.17) is 10.8 Å². The summed E-state index contributed by atoms with van der Waals surface area (Å²) in [4.78, 5) is 1.25. The molecule has 15 heavy (non-hydrogen) atoms. The Morgan fingerprint density at radius 3 is 2.40 bits per heavy atom. The Hall–Kier alpha value is -0.330. The van der Waals surface area contributed by atoms with Gasteiger partial charge in [-0.2, -0.15) is 13.2 Å². The summed E-state index contributed by atoms with van der Waals surface area (Å²) in [6.07, 6.45) is -1.90. The van der Waals surface area contributed by atoms with Crippen LogP contribution >= 0.6 is 0 Å². The third-order valence-corrected chi connectivity index (χ3v) is 2.77. The smallest absolute Gasteiger partial charge is 0.395 e. The zero-order chi connectivity index (χ0) is 11.5. The molecule has 1 aliphatic rings. The second-order valence-electron chi connectivity index (χ2n) is 3.97. The Balaban J connectivity index is 2.56. The molecule has 1 fully saturated rings. The Bertz CT molecular complexity index is 198. The molecule has 3 nitrogen and oxygen atoms in total. The number of nitrogens with zero attached hydrogens (tertiary/aromatic N) is 1. The number of halogens is 3. The average Bonchev–Trinajstić information content (AvgIpc) is 2.48. The molecule has 2 unspecified atom stereocenters. The van der Waals surface area contributed by atoms with Crippen LogP contribution in [0.3, 0.4) is 0 Å². The van der Waals surface area contributed by atoms with E-state index in [0.717, 1.165) is 12.8 Å². The summed E-state index contributed by atoms with van der Waals surface area (Å²) in [7, 11) is 0. The van der Waals surface area contributed by atoms with Crippen LogP contribution in [0.4, 0.5) is 13.2 Å². The van der Waals surface area contributed by atoms with Crippen LogP contribution in [0.1, 0.15) is 19.3 Å². The molecule has 1 aliphatic carbocycles. The van der Waals surface area contributed by atoms with Gasteiger partial charge in [0, 0.05) is 18.6 Å². The van der Waals surface area contributed by atoms with Crippen LogP contribution in [0.2, 0.25) is 0 Å². The first-order chi connectivity index (χ1) is 6.94. The van der Waals surface area contributed by atoms with Crippen LogP contribution in [-0.2, 0) is 0 Å². The molecule has 3 N–H and O–H groups in total. The fourth-order valence-electron chi connectivity index (χ4n) is 2.14. The van der Waals surface area contributed by atoms with Crippen LogP contribution in [0.15, 0.2) is 0 Å². The molecule has 0 aromatic rings. The topological polar surface area (TPSA) is 49.5 Å². The number of rotatable bonds is 4. The van der Waals surface area contributed by atoms with Crippen molar-refractivity contribution in [2.75, 3.05) is 19.7 Å². The molecule has 0 radical (unpaired) electrons. The monoisotopic (exact) mass is 226 g/mol. The molecule has 1 saturated carbocycles. The zero-order valence-electron chi connectivity index (χ0n) is 8.50.